The smallest absolute Gasteiger partial charge is 0.289 e. The molecular formula is C19H16BrClN2O3. The number of benzene rings is 1. The molecule has 5 nitrogen and oxygen atoms in total. The van der Waals surface area contributed by atoms with Crippen LogP contribution < -0.4 is 4.74 Å². The van der Waals surface area contributed by atoms with Crippen molar-refractivity contribution in [1.82, 2.24) is 9.88 Å². The molecule has 2 aromatic heterocycles. The number of pyridine rings is 1. The van der Waals surface area contributed by atoms with E-state index < -0.39 is 0 Å². The second-order valence-electron chi connectivity index (χ2n) is 5.66. The number of carbonyl (C=O) groups excluding carboxylic acids is 1. The van der Waals surface area contributed by atoms with Crippen LogP contribution in [0, 0.1) is 0 Å². The maximum absolute atomic E-state index is 12.5. The van der Waals surface area contributed by atoms with Crippen molar-refractivity contribution in [2.45, 2.75) is 13.2 Å². The molecule has 134 valence electrons. The average molecular weight is 436 g/mol. The van der Waals surface area contributed by atoms with Gasteiger partial charge in [-0.25, -0.2) is 4.98 Å². The molecule has 0 saturated carbocycles. The second-order valence-corrected chi connectivity index (χ2v) is 6.97. The molecule has 0 N–H and O–H groups in total. The lowest BCUT2D eigenvalue weighted by Gasteiger charge is -2.15. The maximum atomic E-state index is 12.5. The molecule has 0 bridgehead atoms. The topological polar surface area (TPSA) is 55.6 Å². The molecule has 0 aliphatic heterocycles. The van der Waals surface area contributed by atoms with Crippen molar-refractivity contribution in [2.75, 3.05) is 7.05 Å². The van der Waals surface area contributed by atoms with Gasteiger partial charge >= 0.3 is 0 Å². The summed E-state index contributed by atoms with van der Waals surface area (Å²) < 4.78 is 12.2. The van der Waals surface area contributed by atoms with Crippen LogP contribution in [0.25, 0.3) is 0 Å². The molecule has 0 radical (unpaired) electrons. The first-order chi connectivity index (χ1) is 12.5. The van der Waals surface area contributed by atoms with Crippen molar-refractivity contribution in [3.05, 3.63) is 81.4 Å². The Labute approximate surface area is 164 Å². The van der Waals surface area contributed by atoms with Crippen molar-refractivity contribution in [2.24, 2.45) is 0 Å². The van der Waals surface area contributed by atoms with Crippen LogP contribution in [-0.4, -0.2) is 22.8 Å². The molecule has 1 aromatic carbocycles. The minimum Gasteiger partial charge on any atom is -0.486 e. The molecule has 3 rings (SSSR count). The zero-order valence-corrected chi connectivity index (χ0v) is 16.3. The van der Waals surface area contributed by atoms with E-state index in [9.17, 15) is 4.79 Å². The molecule has 0 fully saturated rings. The fourth-order valence-electron chi connectivity index (χ4n) is 2.32. The Hall–Kier alpha value is -2.31. The zero-order valence-electron chi connectivity index (χ0n) is 14.0. The van der Waals surface area contributed by atoms with Gasteiger partial charge in [0.2, 0.25) is 0 Å². The van der Waals surface area contributed by atoms with E-state index in [1.165, 1.54) is 0 Å². The van der Waals surface area contributed by atoms with E-state index >= 15 is 0 Å². The number of ether oxygens (including phenoxy) is 1. The van der Waals surface area contributed by atoms with Gasteiger partial charge in [0.05, 0.1) is 0 Å². The largest absolute Gasteiger partial charge is 0.486 e. The molecule has 0 spiro atoms. The Balaban J connectivity index is 1.59. The summed E-state index contributed by atoms with van der Waals surface area (Å²) in [6.45, 7) is 0.655. The van der Waals surface area contributed by atoms with Gasteiger partial charge in [-0.1, -0.05) is 39.7 Å². The molecule has 0 saturated heterocycles. The van der Waals surface area contributed by atoms with Gasteiger partial charge in [-0.3, -0.25) is 4.79 Å². The molecule has 0 unspecified atom stereocenters. The highest BCUT2D eigenvalue weighted by atomic mass is 79.9. The highest BCUT2D eigenvalue weighted by molar-refractivity contribution is 9.10. The van der Waals surface area contributed by atoms with Crippen LogP contribution in [0.3, 0.4) is 0 Å². The first-order valence-electron chi connectivity index (χ1n) is 7.84. The Morgan fingerprint density at radius 2 is 2.12 bits per heavy atom. The van der Waals surface area contributed by atoms with E-state index in [0.29, 0.717) is 17.5 Å². The Kier molecular flexibility index (Phi) is 5.96. The van der Waals surface area contributed by atoms with Crippen LogP contribution in [0.2, 0.25) is 5.15 Å². The van der Waals surface area contributed by atoms with Crippen molar-refractivity contribution < 1.29 is 13.9 Å². The lowest BCUT2D eigenvalue weighted by molar-refractivity contribution is 0.0749. The first-order valence-corrected chi connectivity index (χ1v) is 9.01. The van der Waals surface area contributed by atoms with Crippen LogP contribution in [-0.2, 0) is 13.2 Å². The number of hydrogen-bond acceptors (Lipinski definition) is 4. The summed E-state index contributed by atoms with van der Waals surface area (Å²) >= 11 is 9.16. The number of rotatable bonds is 6. The van der Waals surface area contributed by atoms with Gasteiger partial charge in [0.15, 0.2) is 5.76 Å². The second kappa shape index (κ2) is 8.38. The van der Waals surface area contributed by atoms with Gasteiger partial charge < -0.3 is 14.1 Å². The highest BCUT2D eigenvalue weighted by Crippen LogP contribution is 2.20. The molecule has 7 heteroatoms. The average Bonchev–Trinajstić information content (AvgIpc) is 3.10. The van der Waals surface area contributed by atoms with E-state index in [2.05, 4.69) is 20.9 Å². The zero-order chi connectivity index (χ0) is 18.5. The normalized spacial score (nSPS) is 10.6. The van der Waals surface area contributed by atoms with Crippen molar-refractivity contribution >= 4 is 33.4 Å². The number of hydrogen-bond donors (Lipinski definition) is 0. The summed E-state index contributed by atoms with van der Waals surface area (Å²) in [5.74, 6) is 1.35. The van der Waals surface area contributed by atoms with E-state index in [-0.39, 0.29) is 18.3 Å². The van der Waals surface area contributed by atoms with E-state index in [1.54, 1.807) is 36.3 Å². The van der Waals surface area contributed by atoms with Crippen LogP contribution in [0.1, 0.15) is 21.9 Å². The number of amides is 1. The van der Waals surface area contributed by atoms with Gasteiger partial charge in [0.1, 0.15) is 23.3 Å². The minimum absolute atomic E-state index is 0.214. The lowest BCUT2D eigenvalue weighted by Crippen LogP contribution is -2.25. The van der Waals surface area contributed by atoms with E-state index in [0.717, 1.165) is 15.8 Å². The summed E-state index contributed by atoms with van der Waals surface area (Å²) in [7, 11) is 1.71. The van der Waals surface area contributed by atoms with Gasteiger partial charge in [-0.05, 0) is 42.0 Å². The summed E-state index contributed by atoms with van der Waals surface area (Å²) in [5.41, 5.74) is 0.884. The molecule has 0 aliphatic rings. The molecular weight excluding hydrogens is 420 g/mol. The Morgan fingerprint density at radius 3 is 2.85 bits per heavy atom. The number of halogens is 2. The molecule has 2 heterocycles. The maximum Gasteiger partial charge on any atom is 0.289 e. The van der Waals surface area contributed by atoms with Crippen molar-refractivity contribution in [3.8, 4) is 5.75 Å². The number of furan rings is 1. The van der Waals surface area contributed by atoms with Crippen LogP contribution in [0.4, 0.5) is 0 Å². The number of aromatic nitrogens is 1. The summed E-state index contributed by atoms with van der Waals surface area (Å²) in [6, 6.07) is 14.4. The molecule has 1 amide bonds. The Bertz CT molecular complexity index is 896. The molecule has 3 aromatic rings. The predicted octanol–water partition coefficient (Wildman–Crippen LogP) is 4.94. The standard InChI is InChI=1S/C19H16BrClN2O3/c1-23(11-13-5-8-18(21)22-10-13)19(24)17-7-6-16(26-17)12-25-15-4-2-3-14(20)9-15/h2-10H,11-12H2,1H3. The fraction of sp³-hybridized carbons (Fsp3) is 0.158. The van der Waals surface area contributed by atoms with Gasteiger partial charge in [0.25, 0.3) is 5.91 Å². The SMILES string of the molecule is CN(Cc1ccc(Cl)nc1)C(=O)c1ccc(COc2cccc(Br)c2)o1. The third-order valence-corrected chi connectivity index (χ3v) is 4.32. The third-order valence-electron chi connectivity index (χ3n) is 3.60. The van der Waals surface area contributed by atoms with E-state index in [1.807, 2.05) is 30.3 Å². The minimum atomic E-state index is -0.214. The molecule has 0 atom stereocenters. The molecule has 26 heavy (non-hydrogen) atoms. The van der Waals surface area contributed by atoms with Crippen molar-refractivity contribution in [3.63, 3.8) is 0 Å². The summed E-state index contributed by atoms with van der Waals surface area (Å²) in [4.78, 5) is 18.1. The van der Waals surface area contributed by atoms with Gasteiger partial charge in [-0.15, -0.1) is 0 Å². The number of nitrogens with zero attached hydrogens (tertiary/aromatic N) is 2. The highest BCUT2D eigenvalue weighted by Gasteiger charge is 2.16. The fourth-order valence-corrected chi connectivity index (χ4v) is 2.81. The number of carbonyl (C=O) groups is 1. The van der Waals surface area contributed by atoms with Crippen molar-refractivity contribution in [1.29, 1.82) is 0 Å². The Morgan fingerprint density at radius 1 is 1.27 bits per heavy atom. The van der Waals surface area contributed by atoms with Crippen LogP contribution in [0.5, 0.6) is 5.75 Å². The van der Waals surface area contributed by atoms with Gasteiger partial charge in [0, 0.05) is 24.3 Å². The first kappa shape index (κ1) is 18.5. The quantitative estimate of drug-likeness (QED) is 0.515. The van der Waals surface area contributed by atoms with E-state index in [4.69, 9.17) is 20.8 Å². The lowest BCUT2D eigenvalue weighted by atomic mass is 10.2. The predicted molar refractivity (Wildman–Crippen MR) is 102 cm³/mol. The summed E-state index contributed by atoms with van der Waals surface area (Å²) in [5, 5.41) is 0.420. The molecule has 0 aliphatic carbocycles. The van der Waals surface area contributed by atoms with Crippen LogP contribution in [0.15, 0.2) is 63.6 Å². The monoisotopic (exact) mass is 434 g/mol. The van der Waals surface area contributed by atoms with Gasteiger partial charge in [-0.2, -0.15) is 0 Å². The van der Waals surface area contributed by atoms with Crippen LogP contribution >= 0.6 is 27.5 Å². The summed E-state index contributed by atoms with van der Waals surface area (Å²) in [6.07, 6.45) is 1.64. The third kappa shape index (κ3) is 4.86.